The molecular weight excluding hydrogens is 352 g/mol. The van der Waals surface area contributed by atoms with Crippen molar-refractivity contribution in [1.29, 1.82) is 0 Å². The summed E-state index contributed by atoms with van der Waals surface area (Å²) in [5.74, 6) is 0.413. The summed E-state index contributed by atoms with van der Waals surface area (Å²) >= 11 is 0. The Labute approximate surface area is 164 Å². The molecule has 0 spiro atoms. The second-order valence-corrected chi connectivity index (χ2v) is 7.24. The molecule has 2 N–H and O–H groups in total. The Bertz CT molecular complexity index is 967. The Kier molecular flexibility index (Phi) is 5.37. The van der Waals surface area contributed by atoms with Gasteiger partial charge in [0.05, 0.1) is 5.92 Å². The molecule has 1 fully saturated rings. The van der Waals surface area contributed by atoms with Crippen molar-refractivity contribution in [2.45, 2.75) is 25.7 Å². The molecule has 1 aliphatic heterocycles. The number of anilines is 1. The van der Waals surface area contributed by atoms with Gasteiger partial charge >= 0.3 is 0 Å². The number of carbonyl (C=O) groups excluding carboxylic acids is 2. The molecule has 1 saturated heterocycles. The number of fused-ring (bicyclic) bond motifs is 1. The lowest BCUT2D eigenvalue weighted by Crippen LogP contribution is -2.43. The van der Waals surface area contributed by atoms with Gasteiger partial charge in [0.15, 0.2) is 0 Å². The number of aromatic amines is 1. The van der Waals surface area contributed by atoms with Crippen molar-refractivity contribution in [3.8, 4) is 0 Å². The predicted molar refractivity (Wildman–Crippen MR) is 109 cm³/mol. The third kappa shape index (κ3) is 4.06. The number of aryl methyl sites for hydroxylation is 1. The molecule has 0 aliphatic carbocycles. The zero-order chi connectivity index (χ0) is 19.3. The molecule has 1 aromatic carbocycles. The maximum absolute atomic E-state index is 12.7. The van der Waals surface area contributed by atoms with Crippen molar-refractivity contribution in [3.63, 3.8) is 0 Å². The Morgan fingerprint density at radius 3 is 2.89 bits per heavy atom. The number of H-pyrrole nitrogens is 1. The molecule has 0 bridgehead atoms. The van der Waals surface area contributed by atoms with Crippen LogP contribution in [0, 0.1) is 5.92 Å². The number of hydrogen-bond acceptors (Lipinski definition) is 3. The molecule has 2 amide bonds. The average molecular weight is 376 g/mol. The van der Waals surface area contributed by atoms with Crippen LogP contribution in [0.1, 0.15) is 24.8 Å². The first-order valence-corrected chi connectivity index (χ1v) is 9.75. The molecule has 144 valence electrons. The first-order valence-electron chi connectivity index (χ1n) is 9.75. The molecule has 2 aromatic heterocycles. The summed E-state index contributed by atoms with van der Waals surface area (Å²) in [5.41, 5.74) is 2.25. The lowest BCUT2D eigenvalue weighted by atomic mass is 9.96. The Morgan fingerprint density at radius 1 is 1.18 bits per heavy atom. The van der Waals surface area contributed by atoms with Gasteiger partial charge in [-0.1, -0.05) is 24.3 Å². The van der Waals surface area contributed by atoms with Crippen molar-refractivity contribution in [3.05, 3.63) is 60.4 Å². The first-order chi connectivity index (χ1) is 13.7. The molecule has 0 saturated carbocycles. The smallest absolute Gasteiger partial charge is 0.230 e. The van der Waals surface area contributed by atoms with Crippen LogP contribution in [-0.4, -0.2) is 39.8 Å². The van der Waals surface area contributed by atoms with E-state index < -0.39 is 0 Å². The molecule has 3 aromatic rings. The number of nitrogens with zero attached hydrogens (tertiary/aromatic N) is 2. The van der Waals surface area contributed by atoms with Gasteiger partial charge in [-0.15, -0.1) is 0 Å². The molecule has 6 nitrogen and oxygen atoms in total. The fourth-order valence-corrected chi connectivity index (χ4v) is 3.82. The van der Waals surface area contributed by atoms with Crippen molar-refractivity contribution < 1.29 is 9.59 Å². The highest BCUT2D eigenvalue weighted by molar-refractivity contribution is 5.92. The first kappa shape index (κ1) is 18.2. The van der Waals surface area contributed by atoms with Gasteiger partial charge in [-0.3, -0.25) is 9.59 Å². The lowest BCUT2D eigenvalue weighted by Gasteiger charge is -2.32. The molecule has 1 unspecified atom stereocenters. The number of benzene rings is 1. The number of likely N-dealkylation sites (tertiary alicyclic amines) is 1. The number of rotatable bonds is 5. The lowest BCUT2D eigenvalue weighted by molar-refractivity contribution is -0.134. The van der Waals surface area contributed by atoms with Crippen LogP contribution >= 0.6 is 0 Å². The zero-order valence-electron chi connectivity index (χ0n) is 15.7. The van der Waals surface area contributed by atoms with Crippen molar-refractivity contribution in [2.24, 2.45) is 5.92 Å². The van der Waals surface area contributed by atoms with E-state index in [0.717, 1.165) is 30.5 Å². The number of aromatic nitrogens is 2. The monoisotopic (exact) mass is 376 g/mol. The van der Waals surface area contributed by atoms with E-state index in [9.17, 15) is 9.59 Å². The molecular formula is C22H24N4O2. The number of pyridine rings is 1. The predicted octanol–water partition coefficient (Wildman–Crippen LogP) is 3.37. The largest absolute Gasteiger partial charge is 0.361 e. The number of piperidine rings is 1. The highest BCUT2D eigenvalue weighted by atomic mass is 16.2. The molecule has 0 radical (unpaired) electrons. The Morgan fingerprint density at radius 2 is 2.04 bits per heavy atom. The summed E-state index contributed by atoms with van der Waals surface area (Å²) in [7, 11) is 0. The molecule has 4 rings (SSSR count). The van der Waals surface area contributed by atoms with Crippen LogP contribution in [0.2, 0.25) is 0 Å². The SMILES string of the molecule is O=C(Nc1ccccn1)C1CCCN(C(=O)CCc2c[nH]c3ccccc23)C1. The fraction of sp³-hybridized carbons (Fsp3) is 0.318. The van der Waals surface area contributed by atoms with Crippen molar-refractivity contribution in [2.75, 3.05) is 18.4 Å². The number of carbonyl (C=O) groups is 2. The van der Waals surface area contributed by atoms with E-state index in [0.29, 0.717) is 25.2 Å². The fourth-order valence-electron chi connectivity index (χ4n) is 3.82. The summed E-state index contributed by atoms with van der Waals surface area (Å²) in [6, 6.07) is 13.5. The summed E-state index contributed by atoms with van der Waals surface area (Å²) in [4.78, 5) is 34.5. The van der Waals surface area contributed by atoms with Gasteiger partial charge in [0.1, 0.15) is 5.82 Å². The van der Waals surface area contributed by atoms with Crippen molar-refractivity contribution in [1.82, 2.24) is 14.9 Å². The van der Waals surface area contributed by atoms with Gasteiger partial charge in [0, 0.05) is 42.8 Å². The van der Waals surface area contributed by atoms with Gasteiger partial charge < -0.3 is 15.2 Å². The average Bonchev–Trinajstić information content (AvgIpc) is 3.16. The van der Waals surface area contributed by atoms with E-state index in [2.05, 4.69) is 21.4 Å². The zero-order valence-corrected chi connectivity index (χ0v) is 15.7. The van der Waals surface area contributed by atoms with E-state index in [-0.39, 0.29) is 17.7 Å². The molecule has 6 heteroatoms. The topological polar surface area (TPSA) is 78.1 Å². The van der Waals surface area contributed by atoms with Gasteiger partial charge in [-0.05, 0) is 43.0 Å². The van der Waals surface area contributed by atoms with E-state index >= 15 is 0 Å². The Hall–Kier alpha value is -3.15. The van der Waals surface area contributed by atoms with Gasteiger partial charge in [0.25, 0.3) is 0 Å². The minimum Gasteiger partial charge on any atom is -0.361 e. The summed E-state index contributed by atoms with van der Waals surface area (Å²) in [6.45, 7) is 1.20. The van der Waals surface area contributed by atoms with Crippen LogP contribution < -0.4 is 5.32 Å². The summed E-state index contributed by atoms with van der Waals surface area (Å²) in [5, 5.41) is 4.02. The van der Waals surface area contributed by atoms with Crippen LogP contribution in [0.25, 0.3) is 10.9 Å². The normalized spacial score (nSPS) is 16.9. The third-order valence-electron chi connectivity index (χ3n) is 5.34. The summed E-state index contributed by atoms with van der Waals surface area (Å²) < 4.78 is 0. The molecule has 28 heavy (non-hydrogen) atoms. The van der Waals surface area contributed by atoms with E-state index in [4.69, 9.17) is 0 Å². The van der Waals surface area contributed by atoms with E-state index in [1.54, 1.807) is 12.3 Å². The quantitative estimate of drug-likeness (QED) is 0.717. The molecule has 3 heterocycles. The minimum absolute atomic E-state index is 0.0622. The highest BCUT2D eigenvalue weighted by Crippen LogP contribution is 2.22. The van der Waals surface area contributed by atoms with Crippen LogP contribution in [-0.2, 0) is 16.0 Å². The maximum Gasteiger partial charge on any atom is 0.230 e. The molecule has 1 atom stereocenters. The maximum atomic E-state index is 12.7. The minimum atomic E-state index is -0.187. The number of nitrogens with one attached hydrogen (secondary N) is 2. The van der Waals surface area contributed by atoms with Crippen LogP contribution in [0.15, 0.2) is 54.9 Å². The third-order valence-corrected chi connectivity index (χ3v) is 5.34. The van der Waals surface area contributed by atoms with Crippen LogP contribution in [0.3, 0.4) is 0 Å². The number of hydrogen-bond donors (Lipinski definition) is 2. The van der Waals surface area contributed by atoms with Gasteiger partial charge in [-0.2, -0.15) is 0 Å². The van der Waals surface area contributed by atoms with Gasteiger partial charge in [-0.25, -0.2) is 4.98 Å². The van der Waals surface area contributed by atoms with E-state index in [1.165, 1.54) is 5.39 Å². The second kappa shape index (κ2) is 8.25. The van der Waals surface area contributed by atoms with Crippen LogP contribution in [0.4, 0.5) is 5.82 Å². The highest BCUT2D eigenvalue weighted by Gasteiger charge is 2.28. The number of amides is 2. The Balaban J connectivity index is 1.33. The summed E-state index contributed by atoms with van der Waals surface area (Å²) in [6.07, 6.45) is 6.43. The van der Waals surface area contributed by atoms with E-state index in [1.807, 2.05) is 41.4 Å². The second-order valence-electron chi connectivity index (χ2n) is 7.24. The van der Waals surface area contributed by atoms with Crippen LogP contribution in [0.5, 0.6) is 0 Å². The van der Waals surface area contributed by atoms with Crippen molar-refractivity contribution >= 4 is 28.5 Å². The van der Waals surface area contributed by atoms with Gasteiger partial charge in [0.2, 0.25) is 11.8 Å². The molecule has 1 aliphatic rings. The standard InChI is InChI=1S/C22H24N4O2/c27-21(11-10-16-14-24-19-8-2-1-7-18(16)19)26-13-5-6-17(15-26)22(28)25-20-9-3-4-12-23-20/h1-4,7-9,12,14,17,24H,5-6,10-11,13,15H2,(H,23,25,28). The number of para-hydroxylation sites is 1.